The van der Waals surface area contributed by atoms with Gasteiger partial charge in [-0.25, -0.2) is 9.50 Å². The van der Waals surface area contributed by atoms with Crippen molar-refractivity contribution < 1.29 is 27.4 Å². The van der Waals surface area contributed by atoms with Gasteiger partial charge in [-0.1, -0.05) is 0 Å². The molecule has 0 atom stereocenters. The maximum absolute atomic E-state index is 13.8. The number of halogens is 3. The second kappa shape index (κ2) is 8.09. The third-order valence-electron chi connectivity index (χ3n) is 5.32. The summed E-state index contributed by atoms with van der Waals surface area (Å²) in [6.07, 6.45) is -0.776. The molecule has 0 aliphatic carbocycles. The van der Waals surface area contributed by atoms with Crippen LogP contribution >= 0.6 is 0 Å². The summed E-state index contributed by atoms with van der Waals surface area (Å²) in [5.41, 5.74) is -0.651. The van der Waals surface area contributed by atoms with Gasteiger partial charge in [-0.05, 0) is 43.5 Å². The Kier molecular flexibility index (Phi) is 5.47. The Bertz CT molecular complexity index is 1120. The molecule has 1 aliphatic heterocycles. The Hall–Kier alpha value is -3.30. The number of hydrogen-bond donors (Lipinski definition) is 0. The molecule has 31 heavy (non-hydrogen) atoms. The number of carbonyl (C=O) groups excluding carboxylic acids is 1. The van der Waals surface area contributed by atoms with Gasteiger partial charge in [0.2, 0.25) is 0 Å². The van der Waals surface area contributed by atoms with Crippen molar-refractivity contribution in [2.75, 3.05) is 27.3 Å². The summed E-state index contributed by atoms with van der Waals surface area (Å²) >= 11 is 0. The van der Waals surface area contributed by atoms with Gasteiger partial charge in [0.1, 0.15) is 5.56 Å². The first-order valence-corrected chi connectivity index (χ1v) is 9.81. The number of methoxy groups -OCH3 is 2. The number of hydrogen-bond acceptors (Lipinski definition) is 5. The zero-order chi connectivity index (χ0) is 22.2. The van der Waals surface area contributed by atoms with Crippen LogP contribution < -0.4 is 9.47 Å². The van der Waals surface area contributed by atoms with E-state index in [2.05, 4.69) is 10.1 Å². The number of carbonyl (C=O) groups is 1. The highest BCUT2D eigenvalue weighted by Crippen LogP contribution is 2.36. The van der Waals surface area contributed by atoms with Crippen LogP contribution in [0.1, 0.15) is 35.3 Å². The Morgan fingerprint density at radius 2 is 1.74 bits per heavy atom. The van der Waals surface area contributed by atoms with E-state index in [0.29, 0.717) is 34.7 Å². The Morgan fingerprint density at radius 3 is 2.39 bits per heavy atom. The summed E-state index contributed by atoms with van der Waals surface area (Å²) in [6.45, 7) is 1.13. The molecule has 2 aromatic heterocycles. The quantitative estimate of drug-likeness (QED) is 0.620. The SMILES string of the molecule is COc1ccc(-c2cc(C(F)(F)F)n3ncc(C(=O)N4CCCCC4)c3n2)cc1OC. The Balaban J connectivity index is 1.88. The lowest BCUT2D eigenvalue weighted by molar-refractivity contribution is -0.142. The van der Waals surface area contributed by atoms with Crippen molar-refractivity contribution in [2.24, 2.45) is 0 Å². The third kappa shape index (κ3) is 3.89. The zero-order valence-corrected chi connectivity index (χ0v) is 17.1. The van der Waals surface area contributed by atoms with Gasteiger partial charge in [0, 0.05) is 18.7 Å². The van der Waals surface area contributed by atoms with Gasteiger partial charge in [-0.15, -0.1) is 0 Å². The summed E-state index contributed by atoms with van der Waals surface area (Å²) in [5.74, 6) is 0.432. The minimum atomic E-state index is -4.69. The van der Waals surface area contributed by atoms with Gasteiger partial charge in [-0.2, -0.15) is 18.3 Å². The number of likely N-dealkylation sites (tertiary alicyclic amines) is 1. The summed E-state index contributed by atoms with van der Waals surface area (Å²) < 4.78 is 52.6. The van der Waals surface area contributed by atoms with Crippen LogP contribution in [0.5, 0.6) is 11.5 Å². The number of aromatic nitrogens is 3. The highest BCUT2D eigenvalue weighted by atomic mass is 19.4. The first-order chi connectivity index (χ1) is 14.8. The average Bonchev–Trinajstić information content (AvgIpc) is 3.21. The average molecular weight is 434 g/mol. The molecule has 4 rings (SSSR count). The standard InChI is InChI=1S/C21H21F3N4O3/c1-30-16-7-6-13(10-17(16)31-2)15-11-18(21(22,23)24)28-19(26-15)14(12-25-28)20(29)27-8-4-3-5-9-27/h6-7,10-12H,3-5,8-9H2,1-2H3. The zero-order valence-electron chi connectivity index (χ0n) is 17.1. The van der Waals surface area contributed by atoms with E-state index in [9.17, 15) is 18.0 Å². The smallest absolute Gasteiger partial charge is 0.433 e. The lowest BCUT2D eigenvalue weighted by atomic mass is 10.1. The molecule has 0 saturated carbocycles. The third-order valence-corrected chi connectivity index (χ3v) is 5.32. The van der Waals surface area contributed by atoms with Crippen molar-refractivity contribution in [3.05, 3.63) is 41.7 Å². The van der Waals surface area contributed by atoms with E-state index in [0.717, 1.165) is 31.5 Å². The maximum Gasteiger partial charge on any atom is 0.433 e. The molecule has 1 saturated heterocycles. The maximum atomic E-state index is 13.8. The van der Waals surface area contributed by atoms with Gasteiger partial charge in [-0.3, -0.25) is 4.79 Å². The number of piperidine rings is 1. The van der Waals surface area contributed by atoms with Crippen molar-refractivity contribution in [3.8, 4) is 22.8 Å². The molecular weight excluding hydrogens is 413 g/mol. The van der Waals surface area contributed by atoms with Crippen LogP contribution in [-0.2, 0) is 6.18 Å². The minimum absolute atomic E-state index is 0.0500. The Labute approximate surface area is 176 Å². The fraction of sp³-hybridized carbons (Fsp3) is 0.381. The lowest BCUT2D eigenvalue weighted by Gasteiger charge is -2.26. The molecule has 0 radical (unpaired) electrons. The number of ether oxygens (including phenoxy) is 2. The van der Waals surface area contributed by atoms with Crippen LogP contribution in [0.4, 0.5) is 13.2 Å². The van der Waals surface area contributed by atoms with E-state index < -0.39 is 11.9 Å². The van der Waals surface area contributed by atoms with Gasteiger partial charge in [0.25, 0.3) is 5.91 Å². The van der Waals surface area contributed by atoms with Crippen LogP contribution in [0.2, 0.25) is 0 Å². The van der Waals surface area contributed by atoms with E-state index in [1.807, 2.05) is 0 Å². The molecular formula is C21H21F3N4O3. The van der Waals surface area contributed by atoms with Gasteiger partial charge < -0.3 is 14.4 Å². The normalized spacial score (nSPS) is 14.7. The van der Waals surface area contributed by atoms with Crippen molar-refractivity contribution in [1.82, 2.24) is 19.5 Å². The minimum Gasteiger partial charge on any atom is -0.493 e. The highest BCUT2D eigenvalue weighted by Gasteiger charge is 2.36. The molecule has 3 aromatic rings. The summed E-state index contributed by atoms with van der Waals surface area (Å²) in [4.78, 5) is 19.0. The second-order valence-corrected chi connectivity index (χ2v) is 7.24. The fourth-order valence-electron chi connectivity index (χ4n) is 3.73. The van der Waals surface area contributed by atoms with Gasteiger partial charge in [0.05, 0.1) is 26.1 Å². The lowest BCUT2D eigenvalue weighted by Crippen LogP contribution is -2.35. The predicted octanol–water partition coefficient (Wildman–Crippen LogP) is 4.06. The summed E-state index contributed by atoms with van der Waals surface area (Å²) in [7, 11) is 2.90. The first-order valence-electron chi connectivity index (χ1n) is 9.81. The Morgan fingerprint density at radius 1 is 1.03 bits per heavy atom. The number of nitrogens with zero attached hydrogens (tertiary/aromatic N) is 4. The number of amides is 1. The van der Waals surface area contributed by atoms with E-state index in [1.54, 1.807) is 23.1 Å². The second-order valence-electron chi connectivity index (χ2n) is 7.24. The van der Waals surface area contributed by atoms with Crippen molar-refractivity contribution in [3.63, 3.8) is 0 Å². The molecule has 0 spiro atoms. The van der Waals surface area contributed by atoms with Crippen LogP contribution in [0.25, 0.3) is 16.9 Å². The largest absolute Gasteiger partial charge is 0.493 e. The molecule has 1 fully saturated rings. The van der Waals surface area contributed by atoms with E-state index in [4.69, 9.17) is 9.47 Å². The number of benzene rings is 1. The van der Waals surface area contributed by atoms with Gasteiger partial charge >= 0.3 is 6.18 Å². The van der Waals surface area contributed by atoms with Crippen molar-refractivity contribution >= 4 is 11.6 Å². The van der Waals surface area contributed by atoms with Crippen molar-refractivity contribution in [1.29, 1.82) is 0 Å². The molecule has 1 amide bonds. The van der Waals surface area contributed by atoms with Crippen LogP contribution in [-0.4, -0.2) is 52.7 Å². The van der Waals surface area contributed by atoms with Gasteiger partial charge in [0.15, 0.2) is 22.8 Å². The predicted molar refractivity (Wildman–Crippen MR) is 106 cm³/mol. The van der Waals surface area contributed by atoms with E-state index in [-0.39, 0.29) is 22.8 Å². The van der Waals surface area contributed by atoms with Crippen molar-refractivity contribution in [2.45, 2.75) is 25.4 Å². The van der Waals surface area contributed by atoms with Crippen LogP contribution in [0.3, 0.4) is 0 Å². The molecule has 164 valence electrons. The first kappa shape index (κ1) is 21.0. The fourth-order valence-corrected chi connectivity index (χ4v) is 3.73. The van der Waals surface area contributed by atoms with Crippen LogP contribution in [0, 0.1) is 0 Å². The molecule has 10 heteroatoms. The molecule has 3 heterocycles. The monoisotopic (exact) mass is 434 g/mol. The molecule has 0 N–H and O–H groups in total. The van der Waals surface area contributed by atoms with E-state index >= 15 is 0 Å². The number of fused-ring (bicyclic) bond motifs is 1. The topological polar surface area (TPSA) is 69.0 Å². The molecule has 7 nitrogen and oxygen atoms in total. The number of rotatable bonds is 4. The molecule has 0 unspecified atom stereocenters. The molecule has 1 aromatic carbocycles. The summed E-state index contributed by atoms with van der Waals surface area (Å²) in [6, 6.07) is 5.63. The van der Waals surface area contributed by atoms with E-state index in [1.165, 1.54) is 14.2 Å². The highest BCUT2D eigenvalue weighted by molar-refractivity contribution is 6.00. The number of alkyl halides is 3. The summed E-state index contributed by atoms with van der Waals surface area (Å²) in [5, 5.41) is 3.84. The molecule has 0 bridgehead atoms. The molecule has 1 aliphatic rings. The van der Waals surface area contributed by atoms with Crippen LogP contribution in [0.15, 0.2) is 30.5 Å².